The molecule has 12 heavy (non-hydrogen) atoms. The van der Waals surface area contributed by atoms with Crippen LogP contribution in [-0.4, -0.2) is 11.7 Å². The van der Waals surface area contributed by atoms with E-state index < -0.39 is 0 Å². The molecule has 0 unspecified atom stereocenters. The van der Waals surface area contributed by atoms with Crippen LogP contribution in [0.2, 0.25) is 0 Å². The van der Waals surface area contributed by atoms with E-state index in [0.717, 1.165) is 5.75 Å². The maximum atomic E-state index is 8.75. The highest BCUT2D eigenvalue weighted by atomic mass is 16.5. The van der Waals surface area contributed by atoms with Gasteiger partial charge in [-0.15, -0.1) is 0 Å². The first kappa shape index (κ1) is 8.65. The zero-order chi connectivity index (χ0) is 8.97. The molecule has 1 aromatic carbocycles. The lowest BCUT2D eigenvalue weighted by atomic mass is 10.2. The highest BCUT2D eigenvalue weighted by Crippen LogP contribution is 2.11. The van der Waals surface area contributed by atoms with E-state index in [1.165, 1.54) is 5.56 Å². The molecule has 0 spiro atoms. The molecule has 0 heterocycles. The van der Waals surface area contributed by atoms with Crippen LogP contribution in [0.3, 0.4) is 0 Å². The van der Waals surface area contributed by atoms with E-state index in [0.29, 0.717) is 0 Å². The summed E-state index contributed by atoms with van der Waals surface area (Å²) in [7, 11) is 0. The van der Waals surface area contributed by atoms with E-state index >= 15 is 0 Å². The third-order valence-electron chi connectivity index (χ3n) is 1.43. The van der Waals surface area contributed by atoms with Crippen LogP contribution < -0.4 is 4.74 Å². The van der Waals surface area contributed by atoms with Crippen LogP contribution >= 0.6 is 0 Å². The largest absolute Gasteiger partial charge is 0.509 e. The molecule has 0 bridgehead atoms. The van der Waals surface area contributed by atoms with Crippen LogP contribution in [0.5, 0.6) is 5.75 Å². The molecule has 0 saturated heterocycles. The summed E-state index contributed by atoms with van der Waals surface area (Å²) < 4.78 is 5.17. The second kappa shape index (κ2) is 3.81. The lowest BCUT2D eigenvalue weighted by Gasteiger charge is -2.04. The van der Waals surface area contributed by atoms with Crippen molar-refractivity contribution in [2.24, 2.45) is 0 Å². The highest BCUT2D eigenvalue weighted by molar-refractivity contribution is 5.26. The molecule has 2 heteroatoms. The Labute approximate surface area is 72.1 Å². The Kier molecular flexibility index (Phi) is 2.75. The topological polar surface area (TPSA) is 29.5 Å². The summed E-state index contributed by atoms with van der Waals surface area (Å²) in [6.45, 7) is 5.48. The average Bonchev–Trinajstić information content (AvgIpc) is 2.03. The van der Waals surface area contributed by atoms with Crippen molar-refractivity contribution in [3.8, 4) is 5.75 Å². The van der Waals surface area contributed by atoms with Crippen molar-refractivity contribution >= 4 is 0 Å². The van der Waals surface area contributed by atoms with Gasteiger partial charge in [-0.05, 0) is 19.1 Å². The van der Waals surface area contributed by atoms with Crippen LogP contribution in [0.1, 0.15) is 5.56 Å². The Morgan fingerprint density at radius 3 is 2.50 bits per heavy atom. The fourth-order valence-electron chi connectivity index (χ4n) is 0.801. The van der Waals surface area contributed by atoms with Gasteiger partial charge in [0.25, 0.3) is 0 Å². The Bertz CT molecular complexity index is 262. The third kappa shape index (κ3) is 2.66. The first-order valence-electron chi connectivity index (χ1n) is 3.74. The minimum Gasteiger partial charge on any atom is -0.509 e. The fourth-order valence-corrected chi connectivity index (χ4v) is 0.801. The molecule has 2 nitrogen and oxygen atoms in total. The molecule has 1 N–H and O–H groups in total. The standard InChI is InChI=1S/C10H12O2/c1-8-3-5-10(6-4-8)12-7-9(2)11/h3-6,11H,2,7H2,1H3. The number of hydrogen-bond donors (Lipinski definition) is 1. The first-order chi connectivity index (χ1) is 5.68. The lowest BCUT2D eigenvalue weighted by Crippen LogP contribution is -1.98. The Hall–Kier alpha value is -1.44. The van der Waals surface area contributed by atoms with Gasteiger partial charge in [-0.2, -0.15) is 0 Å². The molecule has 0 aliphatic carbocycles. The lowest BCUT2D eigenvalue weighted by molar-refractivity contribution is 0.272. The first-order valence-corrected chi connectivity index (χ1v) is 3.74. The molecule has 64 valence electrons. The number of aliphatic hydroxyl groups excluding tert-OH is 1. The van der Waals surface area contributed by atoms with Crippen LogP contribution in [0.4, 0.5) is 0 Å². The van der Waals surface area contributed by atoms with Crippen molar-refractivity contribution < 1.29 is 9.84 Å². The molecule has 0 atom stereocenters. The van der Waals surface area contributed by atoms with Crippen molar-refractivity contribution in [1.82, 2.24) is 0 Å². The monoisotopic (exact) mass is 164 g/mol. The van der Waals surface area contributed by atoms with E-state index in [1.54, 1.807) is 0 Å². The molecule has 0 radical (unpaired) electrons. The summed E-state index contributed by atoms with van der Waals surface area (Å²) in [4.78, 5) is 0. The molecule has 0 aromatic heterocycles. The van der Waals surface area contributed by atoms with Gasteiger partial charge in [0.05, 0.1) is 0 Å². The molecular weight excluding hydrogens is 152 g/mol. The van der Waals surface area contributed by atoms with Gasteiger partial charge in [0, 0.05) is 0 Å². The van der Waals surface area contributed by atoms with Gasteiger partial charge in [0.15, 0.2) is 0 Å². The number of hydrogen-bond acceptors (Lipinski definition) is 2. The van der Waals surface area contributed by atoms with E-state index in [1.807, 2.05) is 31.2 Å². The summed E-state index contributed by atoms with van der Waals surface area (Å²) >= 11 is 0. The van der Waals surface area contributed by atoms with Crippen molar-refractivity contribution in [3.63, 3.8) is 0 Å². The van der Waals surface area contributed by atoms with E-state index in [4.69, 9.17) is 9.84 Å². The Morgan fingerprint density at radius 1 is 1.42 bits per heavy atom. The second-order valence-corrected chi connectivity index (χ2v) is 2.67. The molecule has 0 aliphatic rings. The quantitative estimate of drug-likeness (QED) is 0.695. The maximum absolute atomic E-state index is 8.75. The van der Waals surface area contributed by atoms with E-state index in [-0.39, 0.29) is 12.4 Å². The zero-order valence-corrected chi connectivity index (χ0v) is 7.08. The van der Waals surface area contributed by atoms with Crippen molar-refractivity contribution in [1.29, 1.82) is 0 Å². The summed E-state index contributed by atoms with van der Waals surface area (Å²) in [5.41, 5.74) is 1.19. The van der Waals surface area contributed by atoms with Crippen molar-refractivity contribution in [2.45, 2.75) is 6.92 Å². The predicted octanol–water partition coefficient (Wildman–Crippen LogP) is 2.45. The van der Waals surface area contributed by atoms with E-state index in [2.05, 4.69) is 6.58 Å². The molecule has 0 fully saturated rings. The molecule has 0 amide bonds. The maximum Gasteiger partial charge on any atom is 0.144 e. The Balaban J connectivity index is 2.53. The summed E-state index contributed by atoms with van der Waals surface area (Å²) in [6.07, 6.45) is 0. The fraction of sp³-hybridized carbons (Fsp3) is 0.200. The predicted molar refractivity (Wildman–Crippen MR) is 48.4 cm³/mol. The van der Waals surface area contributed by atoms with Gasteiger partial charge in [-0.25, -0.2) is 0 Å². The molecule has 0 saturated carbocycles. The summed E-state index contributed by atoms with van der Waals surface area (Å²) in [5, 5.41) is 8.75. The van der Waals surface area contributed by atoms with Gasteiger partial charge in [-0.3, -0.25) is 0 Å². The SMILES string of the molecule is C=C(O)COc1ccc(C)cc1. The van der Waals surface area contributed by atoms with Gasteiger partial charge < -0.3 is 9.84 Å². The van der Waals surface area contributed by atoms with Gasteiger partial charge >= 0.3 is 0 Å². The molecule has 1 aromatic rings. The number of ether oxygens (including phenoxy) is 1. The van der Waals surface area contributed by atoms with Gasteiger partial charge in [-0.1, -0.05) is 24.3 Å². The number of rotatable bonds is 3. The van der Waals surface area contributed by atoms with E-state index in [9.17, 15) is 0 Å². The van der Waals surface area contributed by atoms with Crippen LogP contribution in [0.15, 0.2) is 36.6 Å². The van der Waals surface area contributed by atoms with Crippen LogP contribution in [0, 0.1) is 6.92 Å². The summed E-state index contributed by atoms with van der Waals surface area (Å²) in [5.74, 6) is 0.784. The zero-order valence-electron chi connectivity index (χ0n) is 7.08. The van der Waals surface area contributed by atoms with Crippen LogP contribution in [-0.2, 0) is 0 Å². The highest BCUT2D eigenvalue weighted by Gasteiger charge is 1.93. The molecule has 1 rings (SSSR count). The summed E-state index contributed by atoms with van der Waals surface area (Å²) in [6, 6.07) is 7.63. The Morgan fingerprint density at radius 2 is 2.00 bits per heavy atom. The molecule has 0 aliphatic heterocycles. The normalized spacial score (nSPS) is 9.42. The molecular formula is C10H12O2. The number of aliphatic hydroxyl groups is 1. The smallest absolute Gasteiger partial charge is 0.144 e. The second-order valence-electron chi connectivity index (χ2n) is 2.67. The minimum atomic E-state index is 0.0376. The van der Waals surface area contributed by atoms with Crippen molar-refractivity contribution in [3.05, 3.63) is 42.2 Å². The average molecular weight is 164 g/mol. The van der Waals surface area contributed by atoms with Crippen LogP contribution in [0.25, 0.3) is 0 Å². The third-order valence-corrected chi connectivity index (χ3v) is 1.43. The van der Waals surface area contributed by atoms with Gasteiger partial charge in [0.2, 0.25) is 0 Å². The van der Waals surface area contributed by atoms with Gasteiger partial charge in [0.1, 0.15) is 18.1 Å². The van der Waals surface area contributed by atoms with Crippen molar-refractivity contribution in [2.75, 3.05) is 6.61 Å². The minimum absolute atomic E-state index is 0.0376. The number of benzene rings is 1. The number of aryl methyl sites for hydroxylation is 1.